The van der Waals surface area contributed by atoms with Crippen LogP contribution in [-0.4, -0.2) is 22.6 Å². The number of hydrogen-bond acceptors (Lipinski definition) is 3. The Morgan fingerprint density at radius 3 is 2.30 bits per heavy atom. The van der Waals surface area contributed by atoms with Crippen molar-refractivity contribution in [3.8, 4) is 0 Å². The fourth-order valence-electron chi connectivity index (χ4n) is 2.77. The summed E-state index contributed by atoms with van der Waals surface area (Å²) in [7, 11) is 0. The van der Waals surface area contributed by atoms with Gasteiger partial charge in [0.1, 0.15) is 0 Å². The van der Waals surface area contributed by atoms with Crippen LogP contribution in [0.2, 0.25) is 0 Å². The second-order valence-corrected chi connectivity index (χ2v) is 5.91. The van der Waals surface area contributed by atoms with Crippen molar-refractivity contribution >= 4 is 16.7 Å². The first-order valence-corrected chi connectivity index (χ1v) is 8.00. The number of H-pyrrole nitrogens is 1. The number of aromatic amines is 1. The lowest BCUT2D eigenvalue weighted by Crippen LogP contribution is -2.31. The van der Waals surface area contributed by atoms with E-state index in [2.05, 4.69) is 10.3 Å². The van der Waals surface area contributed by atoms with E-state index in [9.17, 15) is 27.9 Å². The number of alkyl halides is 3. The molecule has 3 rings (SSSR count). The largest absolute Gasteiger partial charge is 0.416 e. The van der Waals surface area contributed by atoms with Crippen LogP contribution >= 0.6 is 0 Å². The number of aliphatic hydroxyl groups is 1. The molecule has 0 fully saturated rings. The third kappa shape index (κ3) is 3.85. The summed E-state index contributed by atoms with van der Waals surface area (Å²) in [5.41, 5.74) is -0.646. The summed E-state index contributed by atoms with van der Waals surface area (Å²) in [5.74, 6) is -0.568. The summed E-state index contributed by atoms with van der Waals surface area (Å²) >= 11 is 0. The van der Waals surface area contributed by atoms with Crippen LogP contribution in [0, 0.1) is 0 Å². The number of rotatable bonds is 4. The summed E-state index contributed by atoms with van der Waals surface area (Å²) in [6, 6.07) is 9.82. The Kier molecular flexibility index (Phi) is 5.00. The molecule has 5 nitrogen and oxygen atoms in total. The maximum absolute atomic E-state index is 12.7. The number of halogens is 3. The number of benzene rings is 2. The van der Waals surface area contributed by atoms with Crippen molar-refractivity contribution in [1.82, 2.24) is 10.3 Å². The van der Waals surface area contributed by atoms with Crippen molar-refractivity contribution in [2.45, 2.75) is 12.2 Å². The highest BCUT2D eigenvalue weighted by atomic mass is 19.4. The Hall–Kier alpha value is -3.13. The lowest BCUT2D eigenvalue weighted by Gasteiger charge is -2.18. The molecule has 0 saturated heterocycles. The highest BCUT2D eigenvalue weighted by molar-refractivity contribution is 6.06. The average Bonchev–Trinajstić information content (AvgIpc) is 2.66. The molecular weight excluding hydrogens is 361 g/mol. The summed E-state index contributed by atoms with van der Waals surface area (Å²) in [4.78, 5) is 26.9. The van der Waals surface area contributed by atoms with Crippen molar-refractivity contribution in [2.75, 3.05) is 6.61 Å². The van der Waals surface area contributed by atoms with Crippen molar-refractivity contribution in [3.63, 3.8) is 0 Å². The molecule has 0 saturated carbocycles. The topological polar surface area (TPSA) is 82.2 Å². The zero-order valence-electron chi connectivity index (χ0n) is 13.9. The van der Waals surface area contributed by atoms with E-state index in [4.69, 9.17) is 0 Å². The summed E-state index contributed by atoms with van der Waals surface area (Å²) in [6.07, 6.45) is -3.20. The number of nitrogens with one attached hydrogen (secondary N) is 2. The van der Waals surface area contributed by atoms with Gasteiger partial charge in [0.05, 0.1) is 23.8 Å². The Balaban J connectivity index is 1.88. The van der Waals surface area contributed by atoms with Crippen LogP contribution in [0.15, 0.2) is 59.5 Å². The molecule has 8 heteroatoms. The molecule has 1 aromatic heterocycles. The lowest BCUT2D eigenvalue weighted by atomic mass is 10.0. The zero-order valence-corrected chi connectivity index (χ0v) is 13.9. The van der Waals surface area contributed by atoms with Gasteiger partial charge in [-0.25, -0.2) is 0 Å². The highest BCUT2D eigenvalue weighted by Gasteiger charge is 2.30. The van der Waals surface area contributed by atoms with Gasteiger partial charge in [-0.05, 0) is 23.8 Å². The minimum absolute atomic E-state index is 0.190. The van der Waals surface area contributed by atoms with Gasteiger partial charge in [-0.3, -0.25) is 9.59 Å². The first-order valence-electron chi connectivity index (χ1n) is 8.00. The molecule has 0 aliphatic rings. The van der Waals surface area contributed by atoms with Gasteiger partial charge >= 0.3 is 6.18 Å². The molecule has 0 radical (unpaired) electrons. The molecule has 0 aliphatic heterocycles. The smallest absolute Gasteiger partial charge is 0.394 e. The molecule has 27 heavy (non-hydrogen) atoms. The normalized spacial score (nSPS) is 12.7. The predicted molar refractivity (Wildman–Crippen MR) is 93.3 cm³/mol. The number of hydrogen-bond donors (Lipinski definition) is 3. The number of aromatic nitrogens is 1. The maximum atomic E-state index is 12.7. The standard InChI is InChI=1S/C19H15F3N2O3/c20-19(21,22)12-7-5-11(6-8-12)16(10-25)24-18(27)15-9-23-17(26)14-4-2-1-3-13(14)15/h1-9,16,25H,10H2,(H,23,26)(H,24,27). The van der Waals surface area contributed by atoms with E-state index in [0.717, 1.165) is 12.1 Å². The number of fused-ring (bicyclic) bond motifs is 1. The number of amides is 1. The fourth-order valence-corrected chi connectivity index (χ4v) is 2.77. The van der Waals surface area contributed by atoms with Crippen molar-refractivity contribution in [3.05, 3.63) is 81.8 Å². The molecule has 0 spiro atoms. The van der Waals surface area contributed by atoms with E-state index >= 15 is 0 Å². The van der Waals surface area contributed by atoms with Gasteiger partial charge in [0.2, 0.25) is 0 Å². The maximum Gasteiger partial charge on any atom is 0.416 e. The number of aliphatic hydroxyl groups excluding tert-OH is 1. The number of pyridine rings is 1. The van der Waals surface area contributed by atoms with E-state index < -0.39 is 30.3 Å². The summed E-state index contributed by atoms with van der Waals surface area (Å²) < 4.78 is 38.0. The van der Waals surface area contributed by atoms with Gasteiger partial charge in [-0.1, -0.05) is 30.3 Å². The number of carbonyl (C=O) groups excluding carboxylic acids is 1. The predicted octanol–water partition coefficient (Wildman–Crippen LogP) is 3.01. The van der Waals surface area contributed by atoms with Crippen LogP contribution in [-0.2, 0) is 6.18 Å². The molecule has 3 N–H and O–H groups in total. The van der Waals surface area contributed by atoms with Gasteiger partial charge in [0.15, 0.2) is 0 Å². The lowest BCUT2D eigenvalue weighted by molar-refractivity contribution is -0.137. The third-order valence-corrected chi connectivity index (χ3v) is 4.18. The third-order valence-electron chi connectivity index (χ3n) is 4.18. The fraction of sp³-hybridized carbons (Fsp3) is 0.158. The quantitative estimate of drug-likeness (QED) is 0.655. The minimum atomic E-state index is -4.47. The number of carbonyl (C=O) groups is 1. The molecular formula is C19H15F3N2O3. The Morgan fingerprint density at radius 2 is 1.70 bits per heavy atom. The van der Waals surface area contributed by atoms with Gasteiger partial charge in [0.25, 0.3) is 11.5 Å². The zero-order chi connectivity index (χ0) is 19.6. The molecule has 3 aromatic rings. The molecule has 1 amide bonds. The van der Waals surface area contributed by atoms with E-state index in [-0.39, 0.29) is 11.1 Å². The van der Waals surface area contributed by atoms with Crippen LogP contribution < -0.4 is 10.9 Å². The van der Waals surface area contributed by atoms with Crippen LogP contribution in [0.25, 0.3) is 10.8 Å². The van der Waals surface area contributed by atoms with Gasteiger partial charge in [-0.2, -0.15) is 13.2 Å². The van der Waals surface area contributed by atoms with Crippen LogP contribution in [0.3, 0.4) is 0 Å². The van der Waals surface area contributed by atoms with Crippen molar-refractivity contribution in [1.29, 1.82) is 0 Å². The first kappa shape index (κ1) is 18.7. The van der Waals surface area contributed by atoms with Gasteiger partial charge in [-0.15, -0.1) is 0 Å². The Morgan fingerprint density at radius 1 is 1.07 bits per heavy atom. The van der Waals surface area contributed by atoms with Gasteiger partial charge in [0, 0.05) is 17.0 Å². The molecule has 1 unspecified atom stereocenters. The van der Waals surface area contributed by atoms with Crippen molar-refractivity contribution < 1.29 is 23.1 Å². The van der Waals surface area contributed by atoms with Crippen LogP contribution in [0.1, 0.15) is 27.5 Å². The SMILES string of the molecule is O=C(NC(CO)c1ccc(C(F)(F)F)cc1)c1c[nH]c(=O)c2ccccc12. The van der Waals surface area contributed by atoms with Gasteiger partial charge < -0.3 is 15.4 Å². The van der Waals surface area contributed by atoms with Crippen molar-refractivity contribution in [2.24, 2.45) is 0 Å². The highest BCUT2D eigenvalue weighted by Crippen LogP contribution is 2.30. The first-order chi connectivity index (χ1) is 12.8. The van der Waals surface area contributed by atoms with E-state index in [1.54, 1.807) is 24.3 Å². The van der Waals surface area contributed by atoms with E-state index in [1.807, 2.05) is 0 Å². The van der Waals surface area contributed by atoms with E-state index in [0.29, 0.717) is 16.3 Å². The Bertz CT molecular complexity index is 1030. The molecule has 0 bridgehead atoms. The monoisotopic (exact) mass is 376 g/mol. The Labute approximate surface area is 151 Å². The van der Waals surface area contributed by atoms with E-state index in [1.165, 1.54) is 18.3 Å². The summed E-state index contributed by atoms with van der Waals surface area (Å²) in [5, 5.41) is 12.9. The molecule has 1 atom stereocenters. The van der Waals surface area contributed by atoms with Crippen LogP contribution in [0.5, 0.6) is 0 Å². The van der Waals surface area contributed by atoms with Crippen LogP contribution in [0.4, 0.5) is 13.2 Å². The molecule has 1 heterocycles. The minimum Gasteiger partial charge on any atom is -0.394 e. The second-order valence-electron chi connectivity index (χ2n) is 5.91. The molecule has 140 valence electrons. The molecule has 0 aliphatic carbocycles. The average molecular weight is 376 g/mol. The molecule has 2 aromatic carbocycles. The summed E-state index contributed by atoms with van der Waals surface area (Å²) in [6.45, 7) is -0.502. The second kappa shape index (κ2) is 7.24.